The van der Waals surface area contributed by atoms with Gasteiger partial charge < -0.3 is 20.9 Å². The number of methoxy groups -OCH3 is 2. The lowest BCUT2D eigenvalue weighted by molar-refractivity contribution is 0.0410. The highest BCUT2D eigenvalue weighted by Crippen LogP contribution is 2.02. The van der Waals surface area contributed by atoms with Gasteiger partial charge in [-0.3, -0.25) is 0 Å². The van der Waals surface area contributed by atoms with Crippen molar-refractivity contribution in [1.82, 2.24) is 10.0 Å². The SMILES string of the molecule is COCCCN(C(N)=O)N(CCCOC)C(N)=O. The molecule has 0 radical (unpaired) electrons. The molecule has 0 aliphatic carbocycles. The molecule has 4 amide bonds. The Hall–Kier alpha value is -1.54. The number of urea groups is 2. The van der Waals surface area contributed by atoms with Crippen molar-refractivity contribution in [1.29, 1.82) is 0 Å². The third-order valence-corrected chi connectivity index (χ3v) is 2.24. The van der Waals surface area contributed by atoms with Gasteiger partial charge in [-0.15, -0.1) is 0 Å². The molecule has 0 heterocycles. The van der Waals surface area contributed by atoms with Gasteiger partial charge in [0.05, 0.1) is 0 Å². The van der Waals surface area contributed by atoms with Crippen molar-refractivity contribution >= 4 is 12.1 Å². The van der Waals surface area contributed by atoms with E-state index < -0.39 is 12.1 Å². The molecule has 0 bridgehead atoms. The van der Waals surface area contributed by atoms with Crippen LogP contribution in [0.1, 0.15) is 12.8 Å². The molecule has 0 rings (SSSR count). The molecule has 0 atom stereocenters. The van der Waals surface area contributed by atoms with Crippen molar-refractivity contribution in [2.24, 2.45) is 11.5 Å². The zero-order valence-electron chi connectivity index (χ0n) is 10.9. The van der Waals surface area contributed by atoms with E-state index in [1.807, 2.05) is 0 Å². The van der Waals surface area contributed by atoms with Crippen molar-refractivity contribution in [2.45, 2.75) is 12.8 Å². The Balaban J connectivity index is 4.45. The van der Waals surface area contributed by atoms with Crippen LogP contribution in [0, 0.1) is 0 Å². The molecule has 4 N–H and O–H groups in total. The monoisotopic (exact) mass is 262 g/mol. The summed E-state index contributed by atoms with van der Waals surface area (Å²) in [7, 11) is 3.11. The molecule has 0 aromatic rings. The summed E-state index contributed by atoms with van der Waals surface area (Å²) in [6.07, 6.45) is 1.13. The van der Waals surface area contributed by atoms with E-state index in [1.54, 1.807) is 14.2 Å². The Morgan fingerprint density at radius 1 is 0.889 bits per heavy atom. The average molecular weight is 262 g/mol. The summed E-state index contributed by atoms with van der Waals surface area (Å²) in [5.41, 5.74) is 10.5. The lowest BCUT2D eigenvalue weighted by Gasteiger charge is -2.32. The summed E-state index contributed by atoms with van der Waals surface area (Å²) in [4.78, 5) is 22.6. The van der Waals surface area contributed by atoms with E-state index in [-0.39, 0.29) is 13.1 Å². The number of hydrogen-bond donors (Lipinski definition) is 2. The topological polar surface area (TPSA) is 111 Å². The minimum absolute atomic E-state index is 0.277. The number of ether oxygens (including phenoxy) is 2. The number of hydrazine groups is 1. The van der Waals surface area contributed by atoms with Crippen LogP contribution in [-0.4, -0.2) is 62.6 Å². The van der Waals surface area contributed by atoms with Gasteiger partial charge in [-0.25, -0.2) is 19.6 Å². The van der Waals surface area contributed by atoms with Gasteiger partial charge in [0.15, 0.2) is 0 Å². The second-order valence-electron chi connectivity index (χ2n) is 3.62. The van der Waals surface area contributed by atoms with Gasteiger partial charge in [-0.1, -0.05) is 0 Å². The summed E-state index contributed by atoms with van der Waals surface area (Å²) in [5, 5.41) is 2.24. The third kappa shape index (κ3) is 6.26. The molecule has 0 aromatic carbocycles. The van der Waals surface area contributed by atoms with Gasteiger partial charge in [0.1, 0.15) is 0 Å². The van der Waals surface area contributed by atoms with Crippen LogP contribution < -0.4 is 11.5 Å². The number of primary amides is 2. The van der Waals surface area contributed by atoms with Crippen molar-refractivity contribution < 1.29 is 19.1 Å². The number of amides is 4. The summed E-state index contributed by atoms with van der Waals surface area (Å²) in [6, 6.07) is -1.44. The highest BCUT2D eigenvalue weighted by atomic mass is 16.5. The molecular weight excluding hydrogens is 240 g/mol. The van der Waals surface area contributed by atoms with Crippen molar-refractivity contribution in [3.8, 4) is 0 Å². The lowest BCUT2D eigenvalue weighted by atomic mass is 10.4. The predicted molar refractivity (Wildman–Crippen MR) is 65.6 cm³/mol. The van der Waals surface area contributed by atoms with Gasteiger partial charge >= 0.3 is 12.1 Å². The van der Waals surface area contributed by atoms with Gasteiger partial charge in [-0.05, 0) is 12.8 Å². The highest BCUT2D eigenvalue weighted by Gasteiger charge is 2.21. The first-order chi connectivity index (χ1) is 8.54. The van der Waals surface area contributed by atoms with E-state index in [4.69, 9.17) is 20.9 Å². The van der Waals surface area contributed by atoms with Gasteiger partial charge in [0, 0.05) is 40.5 Å². The standard InChI is InChI=1S/C10H22N4O4/c1-17-7-3-5-13(9(11)15)14(10(12)16)6-4-8-18-2/h3-8H2,1-2H3,(H2,11,15)(H2,12,16). The molecule has 8 heteroatoms. The minimum Gasteiger partial charge on any atom is -0.385 e. The predicted octanol–water partition coefficient (Wildman–Crippen LogP) is -0.264. The van der Waals surface area contributed by atoms with Crippen LogP contribution in [0.15, 0.2) is 0 Å². The minimum atomic E-state index is -0.720. The summed E-state index contributed by atoms with van der Waals surface area (Å²) < 4.78 is 9.75. The maximum absolute atomic E-state index is 11.3. The van der Waals surface area contributed by atoms with E-state index in [0.717, 1.165) is 10.0 Å². The Kier molecular flexibility index (Phi) is 8.67. The first kappa shape index (κ1) is 16.5. The van der Waals surface area contributed by atoms with Crippen molar-refractivity contribution in [3.05, 3.63) is 0 Å². The number of nitrogens with two attached hydrogens (primary N) is 2. The zero-order valence-corrected chi connectivity index (χ0v) is 10.9. The Morgan fingerprint density at radius 2 is 1.22 bits per heavy atom. The number of carbonyl (C=O) groups excluding carboxylic acids is 2. The van der Waals surface area contributed by atoms with Crippen LogP contribution in [0.2, 0.25) is 0 Å². The molecule has 0 saturated heterocycles. The van der Waals surface area contributed by atoms with Gasteiger partial charge in [0.25, 0.3) is 0 Å². The molecule has 0 aromatic heterocycles. The number of rotatable bonds is 8. The van der Waals surface area contributed by atoms with Crippen LogP contribution in [0.3, 0.4) is 0 Å². The Labute approximate surface area is 107 Å². The Morgan fingerprint density at radius 3 is 1.44 bits per heavy atom. The molecule has 0 aliphatic rings. The average Bonchev–Trinajstić information content (AvgIpc) is 2.31. The molecule has 0 unspecified atom stereocenters. The molecule has 0 aliphatic heterocycles. The van der Waals surface area contributed by atoms with E-state index in [2.05, 4.69) is 0 Å². The molecule has 0 fully saturated rings. The fraction of sp³-hybridized carbons (Fsp3) is 0.800. The number of nitrogens with zero attached hydrogens (tertiary/aromatic N) is 2. The Bertz CT molecular complexity index is 236. The summed E-state index contributed by atoms with van der Waals surface area (Å²) >= 11 is 0. The van der Waals surface area contributed by atoms with Crippen LogP contribution in [0.5, 0.6) is 0 Å². The fourth-order valence-electron chi connectivity index (χ4n) is 1.42. The van der Waals surface area contributed by atoms with Crippen LogP contribution >= 0.6 is 0 Å². The largest absolute Gasteiger partial charge is 0.385 e. The number of carbonyl (C=O) groups is 2. The lowest BCUT2D eigenvalue weighted by Crippen LogP contribution is -2.54. The molecule has 0 saturated carbocycles. The maximum Gasteiger partial charge on any atom is 0.333 e. The molecule has 8 nitrogen and oxygen atoms in total. The molecule has 0 spiro atoms. The van der Waals surface area contributed by atoms with Gasteiger partial charge in [-0.2, -0.15) is 0 Å². The first-order valence-electron chi connectivity index (χ1n) is 5.66. The second-order valence-corrected chi connectivity index (χ2v) is 3.62. The van der Waals surface area contributed by atoms with Crippen molar-refractivity contribution in [3.63, 3.8) is 0 Å². The summed E-state index contributed by atoms with van der Waals surface area (Å²) in [6.45, 7) is 1.49. The number of hydrogen-bond acceptors (Lipinski definition) is 4. The second kappa shape index (κ2) is 9.49. The summed E-state index contributed by atoms with van der Waals surface area (Å²) in [5.74, 6) is 0. The van der Waals surface area contributed by atoms with E-state index in [9.17, 15) is 9.59 Å². The highest BCUT2D eigenvalue weighted by molar-refractivity contribution is 5.78. The molecule has 18 heavy (non-hydrogen) atoms. The molecule has 106 valence electrons. The fourth-order valence-corrected chi connectivity index (χ4v) is 1.42. The van der Waals surface area contributed by atoms with Crippen molar-refractivity contribution in [2.75, 3.05) is 40.5 Å². The normalized spacial score (nSPS) is 10.1. The van der Waals surface area contributed by atoms with Gasteiger partial charge in [0.2, 0.25) is 0 Å². The van der Waals surface area contributed by atoms with E-state index >= 15 is 0 Å². The molecular formula is C10H22N4O4. The third-order valence-electron chi connectivity index (χ3n) is 2.24. The van der Waals surface area contributed by atoms with Crippen LogP contribution in [0.25, 0.3) is 0 Å². The van der Waals surface area contributed by atoms with Crippen LogP contribution in [-0.2, 0) is 9.47 Å². The first-order valence-corrected chi connectivity index (χ1v) is 5.66. The maximum atomic E-state index is 11.3. The zero-order chi connectivity index (χ0) is 14.0. The smallest absolute Gasteiger partial charge is 0.333 e. The van der Waals surface area contributed by atoms with E-state index in [1.165, 1.54) is 0 Å². The van der Waals surface area contributed by atoms with E-state index in [0.29, 0.717) is 26.1 Å². The van der Waals surface area contributed by atoms with Crippen LogP contribution in [0.4, 0.5) is 9.59 Å². The quantitative estimate of drug-likeness (QED) is 0.463.